The minimum Gasteiger partial charge on any atom is -0.376 e. The van der Waals surface area contributed by atoms with Gasteiger partial charge >= 0.3 is 6.18 Å². The van der Waals surface area contributed by atoms with Crippen molar-refractivity contribution < 1.29 is 22.7 Å². The van der Waals surface area contributed by atoms with Crippen molar-refractivity contribution in [1.82, 2.24) is 19.7 Å². The van der Waals surface area contributed by atoms with Crippen LogP contribution in [-0.2, 0) is 5.60 Å². The maximum absolute atomic E-state index is 13.8. The first-order valence-electron chi connectivity index (χ1n) is 9.02. The summed E-state index contributed by atoms with van der Waals surface area (Å²) in [4.78, 5) is 8.65. The topological polar surface area (TPSA) is 74.5 Å². The van der Waals surface area contributed by atoms with Crippen molar-refractivity contribution in [1.29, 1.82) is 0 Å². The average molecular weight is 409 g/mol. The Bertz CT molecular complexity index is 1030. The Morgan fingerprint density at radius 3 is 2.69 bits per heavy atom. The summed E-state index contributed by atoms with van der Waals surface area (Å²) in [5, 5.41) is 16.0. The number of alkyl halides is 4. The fraction of sp³-hybridized carbons (Fsp3) is 0.368. The summed E-state index contributed by atoms with van der Waals surface area (Å²) in [5.41, 5.74) is -2.02. The number of hydrogen-bond donors (Lipinski definition) is 3. The van der Waals surface area contributed by atoms with E-state index in [-0.39, 0.29) is 12.1 Å². The van der Waals surface area contributed by atoms with Gasteiger partial charge in [0.1, 0.15) is 17.6 Å². The fourth-order valence-electron chi connectivity index (χ4n) is 3.26. The van der Waals surface area contributed by atoms with Gasteiger partial charge < -0.3 is 15.7 Å². The molecule has 6 nitrogen and oxygen atoms in total. The van der Waals surface area contributed by atoms with Crippen LogP contribution in [0.15, 0.2) is 42.7 Å². The number of hydrogen-bond acceptors (Lipinski definition) is 5. The van der Waals surface area contributed by atoms with Crippen LogP contribution in [0, 0.1) is 0 Å². The number of nitrogens with zero attached hydrogens (tertiary/aromatic N) is 3. The van der Waals surface area contributed by atoms with E-state index in [1.807, 2.05) is 0 Å². The molecule has 1 fully saturated rings. The first-order valence-corrected chi connectivity index (χ1v) is 9.02. The zero-order valence-corrected chi connectivity index (χ0v) is 15.4. The van der Waals surface area contributed by atoms with E-state index in [1.54, 1.807) is 18.2 Å². The molecular weight excluding hydrogens is 390 g/mol. The van der Waals surface area contributed by atoms with Crippen molar-refractivity contribution in [2.45, 2.75) is 30.9 Å². The van der Waals surface area contributed by atoms with Crippen LogP contribution in [0.25, 0.3) is 17.0 Å². The van der Waals surface area contributed by atoms with Crippen LogP contribution in [0.5, 0.6) is 0 Å². The number of pyridine rings is 2. The van der Waals surface area contributed by atoms with Crippen LogP contribution < -0.4 is 10.6 Å². The minimum absolute atomic E-state index is 0.270. The maximum Gasteiger partial charge on any atom is 0.421 e. The van der Waals surface area contributed by atoms with E-state index in [9.17, 15) is 22.7 Å². The predicted molar refractivity (Wildman–Crippen MR) is 99.2 cm³/mol. The molecule has 4 heterocycles. The molecule has 0 saturated carbocycles. The van der Waals surface area contributed by atoms with E-state index < -0.39 is 24.0 Å². The highest BCUT2D eigenvalue weighted by Crippen LogP contribution is 2.38. The largest absolute Gasteiger partial charge is 0.421 e. The Morgan fingerprint density at radius 1 is 1.21 bits per heavy atom. The third-order valence-electron chi connectivity index (χ3n) is 5.10. The summed E-state index contributed by atoms with van der Waals surface area (Å²) >= 11 is 0. The molecule has 1 saturated heterocycles. The number of rotatable bonds is 4. The highest BCUT2D eigenvalue weighted by atomic mass is 19.4. The van der Waals surface area contributed by atoms with Crippen LogP contribution in [0.3, 0.4) is 0 Å². The van der Waals surface area contributed by atoms with Crippen LogP contribution in [0.2, 0.25) is 0 Å². The van der Waals surface area contributed by atoms with Gasteiger partial charge in [-0.3, -0.25) is 4.40 Å². The molecule has 1 aliphatic heterocycles. The van der Waals surface area contributed by atoms with Gasteiger partial charge in [-0.05, 0) is 25.1 Å². The van der Waals surface area contributed by atoms with Crippen molar-refractivity contribution in [3.05, 3.63) is 48.3 Å². The van der Waals surface area contributed by atoms with Gasteiger partial charge in [0.15, 0.2) is 5.60 Å². The zero-order chi connectivity index (χ0) is 20.8. The first kappa shape index (κ1) is 19.6. The Hall–Kier alpha value is -2.72. The van der Waals surface area contributed by atoms with E-state index in [4.69, 9.17) is 0 Å². The summed E-state index contributed by atoms with van der Waals surface area (Å²) in [6.45, 7) is 1.45. The lowest BCUT2D eigenvalue weighted by molar-refractivity contribution is -0.259. The van der Waals surface area contributed by atoms with Gasteiger partial charge in [0.05, 0.1) is 23.6 Å². The van der Waals surface area contributed by atoms with Gasteiger partial charge in [0.2, 0.25) is 0 Å². The first-order chi connectivity index (χ1) is 13.7. The second kappa shape index (κ2) is 6.96. The van der Waals surface area contributed by atoms with Gasteiger partial charge in [-0.25, -0.2) is 14.4 Å². The van der Waals surface area contributed by atoms with Gasteiger partial charge in [0, 0.05) is 24.8 Å². The van der Waals surface area contributed by atoms with E-state index in [1.165, 1.54) is 28.9 Å². The normalized spacial score (nSPS) is 22.0. The smallest absolute Gasteiger partial charge is 0.376 e. The summed E-state index contributed by atoms with van der Waals surface area (Å²) in [6, 6.07) is 7.28. The third kappa shape index (κ3) is 3.53. The molecule has 0 aliphatic carbocycles. The van der Waals surface area contributed by atoms with Crippen LogP contribution in [-0.4, -0.2) is 51.0 Å². The molecule has 3 atom stereocenters. The van der Waals surface area contributed by atoms with Crippen molar-refractivity contribution in [2.75, 3.05) is 18.4 Å². The number of imidazole rings is 1. The number of aromatic nitrogens is 3. The average Bonchev–Trinajstić information content (AvgIpc) is 3.27. The molecule has 0 bridgehead atoms. The fourth-order valence-corrected chi connectivity index (χ4v) is 3.26. The third-order valence-corrected chi connectivity index (χ3v) is 5.10. The Kier molecular flexibility index (Phi) is 4.70. The van der Waals surface area contributed by atoms with E-state index in [2.05, 4.69) is 20.6 Å². The predicted octanol–water partition coefficient (Wildman–Crippen LogP) is 2.89. The molecule has 3 aromatic rings. The van der Waals surface area contributed by atoms with Crippen LogP contribution in [0.4, 0.5) is 23.4 Å². The van der Waals surface area contributed by atoms with Gasteiger partial charge in [-0.2, -0.15) is 13.2 Å². The molecule has 29 heavy (non-hydrogen) atoms. The van der Waals surface area contributed by atoms with Crippen LogP contribution in [0.1, 0.15) is 12.5 Å². The molecule has 154 valence electrons. The minimum atomic E-state index is -4.83. The van der Waals surface area contributed by atoms with Gasteiger partial charge in [-0.15, -0.1) is 0 Å². The van der Waals surface area contributed by atoms with E-state index in [0.29, 0.717) is 36.3 Å². The second-order valence-corrected chi connectivity index (χ2v) is 7.19. The quantitative estimate of drug-likeness (QED) is 0.578. The number of nitrogens with one attached hydrogen (secondary N) is 2. The summed E-state index contributed by atoms with van der Waals surface area (Å²) < 4.78 is 54.9. The Labute approximate surface area is 163 Å². The van der Waals surface area contributed by atoms with E-state index in [0.717, 1.165) is 0 Å². The maximum atomic E-state index is 13.8. The number of anilines is 1. The molecular formula is C19H19F4N5O. The molecule has 3 aromatic heterocycles. The van der Waals surface area contributed by atoms with Crippen molar-refractivity contribution >= 4 is 11.5 Å². The van der Waals surface area contributed by atoms with Crippen molar-refractivity contribution in [3.63, 3.8) is 0 Å². The molecule has 0 aromatic carbocycles. The molecule has 0 spiro atoms. The van der Waals surface area contributed by atoms with Crippen molar-refractivity contribution in [3.8, 4) is 11.4 Å². The highest BCUT2D eigenvalue weighted by molar-refractivity contribution is 5.62. The Morgan fingerprint density at radius 2 is 2.00 bits per heavy atom. The van der Waals surface area contributed by atoms with Crippen molar-refractivity contribution in [2.24, 2.45) is 0 Å². The molecule has 0 amide bonds. The molecule has 10 heteroatoms. The standard InChI is InChI=1S/C19H19F4N5O/c1-18(29,19(21,22)23)11-5-6-17-25-9-15(28(17)10-11)13-3-2-4-16(26-13)27-14-8-24-7-12(14)20/h2-6,9-10,12,14,24,29H,7-8H2,1H3,(H,26,27)/t12-,14-,18+/m0/s1. The summed E-state index contributed by atoms with van der Waals surface area (Å²) in [5.74, 6) is 0.451. The lowest BCUT2D eigenvalue weighted by Crippen LogP contribution is -2.39. The van der Waals surface area contributed by atoms with E-state index >= 15 is 0 Å². The summed E-state index contributed by atoms with van der Waals surface area (Å²) in [6.07, 6.45) is -3.18. The second-order valence-electron chi connectivity index (χ2n) is 7.19. The number of aliphatic hydroxyl groups is 1. The Balaban J connectivity index is 1.71. The zero-order valence-electron chi connectivity index (χ0n) is 15.4. The lowest BCUT2D eigenvalue weighted by atomic mass is 9.97. The monoisotopic (exact) mass is 409 g/mol. The molecule has 0 radical (unpaired) electrons. The van der Waals surface area contributed by atoms with Crippen LogP contribution >= 0.6 is 0 Å². The molecule has 4 rings (SSSR count). The SMILES string of the molecule is C[C@@](O)(c1ccc2ncc(-c3cccc(N[C@H]4CNC[C@@H]4F)n3)n2c1)C(F)(F)F. The van der Waals surface area contributed by atoms with Gasteiger partial charge in [0.25, 0.3) is 0 Å². The lowest BCUT2D eigenvalue weighted by Gasteiger charge is -2.26. The number of halogens is 4. The highest BCUT2D eigenvalue weighted by Gasteiger charge is 2.51. The summed E-state index contributed by atoms with van der Waals surface area (Å²) in [7, 11) is 0. The molecule has 0 unspecified atom stereocenters. The number of fused-ring (bicyclic) bond motifs is 1. The molecule has 1 aliphatic rings. The molecule has 3 N–H and O–H groups in total. The van der Waals surface area contributed by atoms with Gasteiger partial charge in [-0.1, -0.05) is 12.1 Å².